The van der Waals surface area contributed by atoms with Gasteiger partial charge in [-0.15, -0.1) is 0 Å². The van der Waals surface area contributed by atoms with Crippen molar-refractivity contribution in [3.8, 4) is 0 Å². The van der Waals surface area contributed by atoms with Crippen LogP contribution < -0.4 is 0 Å². The minimum Gasteiger partial charge on any atom is -0.0622 e. The Hall–Kier alpha value is 0. The zero-order chi connectivity index (χ0) is 10.4. The van der Waals surface area contributed by atoms with Gasteiger partial charge in [-0.1, -0.05) is 33.1 Å². The van der Waals surface area contributed by atoms with Crippen molar-refractivity contribution >= 4 is 0 Å². The minimum atomic E-state index is 1.04. The van der Waals surface area contributed by atoms with E-state index in [1.54, 1.807) is 25.7 Å². The van der Waals surface area contributed by atoms with E-state index in [9.17, 15) is 0 Å². The van der Waals surface area contributed by atoms with Gasteiger partial charge in [-0.05, 0) is 61.2 Å². The normalized spacial score (nSPS) is 54.8. The zero-order valence-corrected chi connectivity index (χ0v) is 10.4. The lowest BCUT2D eigenvalue weighted by molar-refractivity contribution is 0.0441. The van der Waals surface area contributed by atoms with Crippen molar-refractivity contribution in [3.63, 3.8) is 0 Å². The van der Waals surface area contributed by atoms with Crippen LogP contribution in [0.3, 0.4) is 0 Å². The highest BCUT2D eigenvalue weighted by atomic mass is 14.5. The summed E-state index contributed by atoms with van der Waals surface area (Å²) >= 11 is 0. The highest BCUT2D eigenvalue weighted by Crippen LogP contribution is 2.56. The summed E-state index contributed by atoms with van der Waals surface area (Å²) in [7, 11) is 0. The molecule has 3 saturated carbocycles. The molecule has 0 radical (unpaired) electrons. The average Bonchev–Trinajstić information content (AvgIpc) is 2.55. The van der Waals surface area contributed by atoms with Gasteiger partial charge in [0.05, 0.1) is 0 Å². The van der Waals surface area contributed by atoms with Gasteiger partial charge in [-0.2, -0.15) is 0 Å². The number of hydrogen-bond acceptors (Lipinski definition) is 0. The van der Waals surface area contributed by atoms with Crippen LogP contribution in [0, 0.1) is 35.5 Å². The van der Waals surface area contributed by atoms with Crippen LogP contribution in [0.4, 0.5) is 0 Å². The topological polar surface area (TPSA) is 0 Å². The van der Waals surface area contributed by atoms with Crippen LogP contribution in [0.5, 0.6) is 0 Å². The largest absolute Gasteiger partial charge is 0.0622 e. The van der Waals surface area contributed by atoms with Gasteiger partial charge in [0.15, 0.2) is 0 Å². The van der Waals surface area contributed by atoms with Gasteiger partial charge in [0.2, 0.25) is 0 Å². The first-order valence-corrected chi connectivity index (χ1v) is 7.27. The average molecular weight is 206 g/mol. The van der Waals surface area contributed by atoms with Gasteiger partial charge >= 0.3 is 0 Å². The van der Waals surface area contributed by atoms with E-state index >= 15 is 0 Å². The van der Waals surface area contributed by atoms with Gasteiger partial charge in [0, 0.05) is 0 Å². The summed E-state index contributed by atoms with van der Waals surface area (Å²) in [6.45, 7) is 5.06. The van der Waals surface area contributed by atoms with Gasteiger partial charge in [0.1, 0.15) is 0 Å². The first-order valence-electron chi connectivity index (χ1n) is 7.27. The second-order valence-electron chi connectivity index (χ2n) is 6.72. The molecule has 0 amide bonds. The molecule has 6 atom stereocenters. The van der Waals surface area contributed by atoms with Crippen molar-refractivity contribution in [2.45, 2.75) is 58.8 Å². The Labute approximate surface area is 94.8 Å². The third-order valence-corrected chi connectivity index (χ3v) is 5.96. The van der Waals surface area contributed by atoms with Crippen molar-refractivity contribution in [1.29, 1.82) is 0 Å². The molecule has 0 bridgehead atoms. The smallest absolute Gasteiger partial charge is 0.0326 e. The van der Waals surface area contributed by atoms with Crippen molar-refractivity contribution in [3.05, 3.63) is 0 Å². The fourth-order valence-corrected chi connectivity index (χ4v) is 5.44. The van der Waals surface area contributed by atoms with E-state index in [1.807, 2.05) is 0 Å². The lowest BCUT2D eigenvalue weighted by atomic mass is 9.60. The van der Waals surface area contributed by atoms with E-state index in [2.05, 4.69) is 13.8 Å². The Balaban J connectivity index is 1.82. The molecule has 6 unspecified atom stereocenters. The monoisotopic (exact) mass is 206 g/mol. The summed E-state index contributed by atoms with van der Waals surface area (Å²) in [5.74, 6) is 6.58. The van der Waals surface area contributed by atoms with Crippen molar-refractivity contribution < 1.29 is 0 Å². The Bertz CT molecular complexity index is 232. The zero-order valence-electron chi connectivity index (χ0n) is 10.4. The highest BCUT2D eigenvalue weighted by molar-refractivity contribution is 4.97. The summed E-state index contributed by atoms with van der Waals surface area (Å²) in [6, 6.07) is 0. The molecule has 0 aliphatic heterocycles. The summed E-state index contributed by atoms with van der Waals surface area (Å²) in [5.41, 5.74) is 0. The maximum Gasteiger partial charge on any atom is -0.0326 e. The van der Waals surface area contributed by atoms with E-state index in [0.29, 0.717) is 0 Å². The van der Waals surface area contributed by atoms with E-state index in [-0.39, 0.29) is 0 Å². The molecule has 0 heteroatoms. The molecule has 3 aliphatic carbocycles. The number of fused-ring (bicyclic) bond motifs is 3. The SMILES string of the molecule is CC1CC(C)C2C1CCC1CCCCC12. The van der Waals surface area contributed by atoms with Crippen LogP contribution in [-0.2, 0) is 0 Å². The van der Waals surface area contributed by atoms with Crippen molar-refractivity contribution in [2.24, 2.45) is 35.5 Å². The molecule has 0 aromatic rings. The van der Waals surface area contributed by atoms with E-state index in [1.165, 1.54) is 19.3 Å². The Morgan fingerprint density at radius 3 is 2.40 bits per heavy atom. The van der Waals surface area contributed by atoms with Gasteiger partial charge < -0.3 is 0 Å². The third kappa shape index (κ3) is 1.56. The van der Waals surface area contributed by atoms with Crippen LogP contribution in [-0.4, -0.2) is 0 Å². The molecular weight excluding hydrogens is 180 g/mol. The fourth-order valence-electron chi connectivity index (χ4n) is 5.44. The molecule has 0 spiro atoms. The molecule has 15 heavy (non-hydrogen) atoms. The van der Waals surface area contributed by atoms with E-state index < -0.39 is 0 Å². The first kappa shape index (κ1) is 10.2. The molecular formula is C15H26. The van der Waals surface area contributed by atoms with E-state index in [4.69, 9.17) is 0 Å². The summed E-state index contributed by atoms with van der Waals surface area (Å²) in [5, 5.41) is 0. The Morgan fingerprint density at radius 2 is 1.53 bits per heavy atom. The van der Waals surface area contributed by atoms with Crippen LogP contribution in [0.15, 0.2) is 0 Å². The maximum atomic E-state index is 2.54. The Morgan fingerprint density at radius 1 is 0.733 bits per heavy atom. The lowest BCUT2D eigenvalue weighted by Crippen LogP contribution is -2.37. The minimum absolute atomic E-state index is 1.04. The number of rotatable bonds is 0. The molecule has 0 saturated heterocycles. The maximum absolute atomic E-state index is 2.54. The fraction of sp³-hybridized carbons (Fsp3) is 1.00. The first-order chi connectivity index (χ1) is 7.27. The molecule has 0 aromatic heterocycles. The molecule has 0 aromatic carbocycles. The third-order valence-electron chi connectivity index (χ3n) is 5.96. The second-order valence-corrected chi connectivity index (χ2v) is 6.72. The molecule has 3 rings (SSSR count). The summed E-state index contributed by atoms with van der Waals surface area (Å²) in [4.78, 5) is 0. The molecule has 86 valence electrons. The van der Waals surface area contributed by atoms with Crippen LogP contribution in [0.2, 0.25) is 0 Å². The van der Waals surface area contributed by atoms with Gasteiger partial charge in [-0.3, -0.25) is 0 Å². The van der Waals surface area contributed by atoms with Crippen molar-refractivity contribution in [2.75, 3.05) is 0 Å². The number of hydrogen-bond donors (Lipinski definition) is 0. The van der Waals surface area contributed by atoms with Crippen LogP contribution in [0.1, 0.15) is 58.8 Å². The van der Waals surface area contributed by atoms with Gasteiger partial charge in [-0.25, -0.2) is 0 Å². The Kier molecular flexibility index (Phi) is 2.57. The van der Waals surface area contributed by atoms with Gasteiger partial charge in [0.25, 0.3) is 0 Å². The molecule has 0 heterocycles. The molecule has 0 N–H and O–H groups in total. The van der Waals surface area contributed by atoms with Crippen LogP contribution in [0.25, 0.3) is 0 Å². The summed E-state index contributed by atoms with van der Waals surface area (Å²) in [6.07, 6.45) is 10.9. The molecule has 3 fully saturated rings. The summed E-state index contributed by atoms with van der Waals surface area (Å²) < 4.78 is 0. The molecule has 0 nitrogen and oxygen atoms in total. The van der Waals surface area contributed by atoms with E-state index in [0.717, 1.165) is 35.5 Å². The standard InChI is InChI=1S/C15H26/c1-10-9-11(2)15-13(10)8-7-12-5-3-4-6-14(12)15/h10-15H,3-9H2,1-2H3. The van der Waals surface area contributed by atoms with Crippen molar-refractivity contribution in [1.82, 2.24) is 0 Å². The quantitative estimate of drug-likeness (QED) is 0.547. The lowest BCUT2D eigenvalue weighted by Gasteiger charge is -2.45. The second kappa shape index (κ2) is 3.79. The molecule has 3 aliphatic rings. The predicted octanol–water partition coefficient (Wildman–Crippen LogP) is 4.49. The highest BCUT2D eigenvalue weighted by Gasteiger charge is 2.48. The van der Waals surface area contributed by atoms with Crippen LogP contribution >= 0.6 is 0 Å². The predicted molar refractivity (Wildman–Crippen MR) is 64.6 cm³/mol.